The molecule has 0 spiro atoms. The van der Waals surface area contributed by atoms with E-state index in [1.807, 2.05) is 36.4 Å². The second-order valence-corrected chi connectivity index (χ2v) is 7.45. The number of hydrogen-bond acceptors (Lipinski definition) is 5. The average Bonchev–Trinajstić information content (AvgIpc) is 2.84. The number of hydrogen-bond donors (Lipinski definition) is 2. The van der Waals surface area contributed by atoms with E-state index < -0.39 is 5.97 Å². The lowest BCUT2D eigenvalue weighted by atomic mass is 10.1. The summed E-state index contributed by atoms with van der Waals surface area (Å²) in [5.41, 5.74) is 0.959. The van der Waals surface area contributed by atoms with Gasteiger partial charge in [0.1, 0.15) is 18.1 Å². The van der Waals surface area contributed by atoms with Crippen molar-refractivity contribution >= 4 is 28.3 Å². The number of pyridine rings is 1. The highest BCUT2D eigenvalue weighted by Gasteiger charge is 2.12. The number of nitrogens with zero attached hydrogens (tertiary/aromatic N) is 1. The number of carbonyl (C=O) groups excluding carboxylic acids is 1. The number of ether oxygens (including phenoxy) is 2. The number of para-hydroxylation sites is 1. The number of benzene rings is 3. The predicted molar refractivity (Wildman–Crippen MR) is 130 cm³/mol. The van der Waals surface area contributed by atoms with E-state index in [9.17, 15) is 14.7 Å². The number of anilines is 1. The average molecular weight is 454 g/mol. The molecule has 4 aromatic rings. The van der Waals surface area contributed by atoms with Gasteiger partial charge in [-0.3, -0.25) is 4.79 Å². The van der Waals surface area contributed by atoms with Crippen molar-refractivity contribution in [2.24, 2.45) is 0 Å². The summed E-state index contributed by atoms with van der Waals surface area (Å²) < 4.78 is 11.4. The van der Waals surface area contributed by atoms with Crippen LogP contribution in [0.3, 0.4) is 0 Å². The number of fused-ring (bicyclic) bond motifs is 1. The topological polar surface area (TPSA) is 97.8 Å². The van der Waals surface area contributed by atoms with Crippen molar-refractivity contribution in [3.8, 4) is 17.4 Å². The van der Waals surface area contributed by atoms with E-state index in [4.69, 9.17) is 9.47 Å². The fourth-order valence-electron chi connectivity index (χ4n) is 3.37. The molecule has 0 radical (unpaired) electrons. The quantitative estimate of drug-likeness (QED) is 0.326. The molecule has 0 bridgehead atoms. The number of carboxylic acids is 1. The van der Waals surface area contributed by atoms with Gasteiger partial charge in [0, 0.05) is 12.3 Å². The maximum absolute atomic E-state index is 12.4. The van der Waals surface area contributed by atoms with Gasteiger partial charge in [0.05, 0.1) is 17.7 Å². The molecule has 0 aliphatic carbocycles. The summed E-state index contributed by atoms with van der Waals surface area (Å²) in [6.07, 6.45) is 3.31. The fourth-order valence-corrected chi connectivity index (χ4v) is 3.37. The zero-order chi connectivity index (χ0) is 23.9. The molecule has 1 aromatic heterocycles. The molecule has 2 N–H and O–H groups in total. The van der Waals surface area contributed by atoms with Crippen molar-refractivity contribution in [2.75, 3.05) is 11.9 Å². The molecule has 4 rings (SSSR count). The minimum Gasteiger partial charge on any atom is -0.490 e. The highest BCUT2D eigenvalue weighted by Crippen LogP contribution is 2.27. The molecule has 0 saturated heterocycles. The number of carbonyl (C=O) groups is 2. The van der Waals surface area contributed by atoms with Crippen molar-refractivity contribution in [3.05, 3.63) is 103 Å². The van der Waals surface area contributed by atoms with Gasteiger partial charge in [-0.25, -0.2) is 9.78 Å². The van der Waals surface area contributed by atoms with Crippen molar-refractivity contribution in [1.29, 1.82) is 0 Å². The first-order valence-electron chi connectivity index (χ1n) is 10.5. The Hall–Kier alpha value is -4.65. The van der Waals surface area contributed by atoms with Gasteiger partial charge in [-0.05, 0) is 52.7 Å². The van der Waals surface area contributed by atoms with E-state index in [-0.39, 0.29) is 23.6 Å². The Morgan fingerprint density at radius 2 is 1.71 bits per heavy atom. The largest absolute Gasteiger partial charge is 0.490 e. The van der Waals surface area contributed by atoms with E-state index in [0.29, 0.717) is 23.8 Å². The maximum atomic E-state index is 12.4. The number of aromatic nitrogens is 1. The molecular weight excluding hydrogens is 432 g/mol. The molecule has 0 aliphatic rings. The van der Waals surface area contributed by atoms with Gasteiger partial charge in [-0.15, -0.1) is 0 Å². The first-order chi connectivity index (χ1) is 16.5. The van der Waals surface area contributed by atoms with Gasteiger partial charge in [0.15, 0.2) is 0 Å². The number of amides is 1. The summed E-state index contributed by atoms with van der Waals surface area (Å²) in [5, 5.41) is 13.9. The van der Waals surface area contributed by atoms with Crippen LogP contribution in [0.25, 0.3) is 10.8 Å². The zero-order valence-electron chi connectivity index (χ0n) is 18.2. The lowest BCUT2D eigenvalue weighted by molar-refractivity contribution is -0.115. The molecule has 3 aromatic carbocycles. The number of carboxylic acid groups (broad SMARTS) is 1. The Morgan fingerprint density at radius 1 is 0.971 bits per heavy atom. The molecule has 1 amide bonds. The van der Waals surface area contributed by atoms with Crippen LogP contribution in [0, 0.1) is 0 Å². The lowest BCUT2D eigenvalue weighted by Gasteiger charge is -2.09. The molecule has 0 unspecified atom stereocenters. The Bertz CT molecular complexity index is 1350. The highest BCUT2D eigenvalue weighted by molar-refractivity contribution is 6.01. The Kier molecular flexibility index (Phi) is 6.84. The van der Waals surface area contributed by atoms with Crippen molar-refractivity contribution < 1.29 is 24.2 Å². The molecule has 0 aliphatic heterocycles. The number of rotatable bonds is 9. The maximum Gasteiger partial charge on any atom is 0.337 e. The molecule has 0 fully saturated rings. The summed E-state index contributed by atoms with van der Waals surface area (Å²) in [6, 6.07) is 21.2. The minimum atomic E-state index is -1.10. The van der Waals surface area contributed by atoms with Crippen molar-refractivity contribution in [2.45, 2.75) is 6.42 Å². The Morgan fingerprint density at radius 3 is 2.41 bits per heavy atom. The third kappa shape index (κ3) is 5.58. The lowest BCUT2D eigenvalue weighted by Crippen LogP contribution is -2.16. The summed E-state index contributed by atoms with van der Waals surface area (Å²) in [5.74, 6) is 0.361. The smallest absolute Gasteiger partial charge is 0.337 e. The summed E-state index contributed by atoms with van der Waals surface area (Å²) >= 11 is 0. The molecule has 170 valence electrons. The number of nitrogens with one attached hydrogen (secondary N) is 1. The fraction of sp³-hybridized carbons (Fsp3) is 0.0741. The van der Waals surface area contributed by atoms with Gasteiger partial charge in [0.25, 0.3) is 0 Å². The standard InChI is InChI=1S/C27H22N2O5/c1-2-13-33-21-10-8-20-16-22(11-9-19(20)15-21)34-26-12-7-18(17-28-26)14-25(30)29-24-6-4-3-5-23(24)27(31)32/h2-12,15-17H,1,13-14H2,(H,29,30)(H,31,32). The van der Waals surface area contributed by atoms with E-state index in [1.54, 1.807) is 42.6 Å². The minimum absolute atomic E-state index is 0.0358. The van der Waals surface area contributed by atoms with E-state index in [1.165, 1.54) is 6.07 Å². The third-order valence-electron chi connectivity index (χ3n) is 4.97. The molecule has 34 heavy (non-hydrogen) atoms. The Balaban J connectivity index is 1.39. The first kappa shape index (κ1) is 22.5. The zero-order valence-corrected chi connectivity index (χ0v) is 18.2. The number of aromatic carboxylic acids is 1. The SMILES string of the molecule is C=CCOc1ccc2cc(Oc3ccc(CC(=O)Nc4ccccc4C(=O)O)cn3)ccc2c1. The normalized spacial score (nSPS) is 10.5. The summed E-state index contributed by atoms with van der Waals surface area (Å²) in [6.45, 7) is 4.10. The first-order valence-corrected chi connectivity index (χ1v) is 10.5. The van der Waals surface area contributed by atoms with Crippen LogP contribution in [0.15, 0.2) is 91.6 Å². The van der Waals surface area contributed by atoms with Crippen LogP contribution in [0.2, 0.25) is 0 Å². The molecule has 7 heteroatoms. The van der Waals surface area contributed by atoms with Gasteiger partial charge in [0.2, 0.25) is 11.8 Å². The van der Waals surface area contributed by atoms with Crippen molar-refractivity contribution in [3.63, 3.8) is 0 Å². The predicted octanol–water partition coefficient (Wildman–Crippen LogP) is 5.47. The van der Waals surface area contributed by atoms with Gasteiger partial charge in [-0.1, -0.05) is 43.0 Å². The van der Waals surface area contributed by atoms with Gasteiger partial charge < -0.3 is 19.9 Å². The van der Waals surface area contributed by atoms with Gasteiger partial charge >= 0.3 is 5.97 Å². The van der Waals surface area contributed by atoms with Crippen LogP contribution < -0.4 is 14.8 Å². The molecule has 0 saturated carbocycles. The van der Waals surface area contributed by atoms with E-state index in [0.717, 1.165) is 16.5 Å². The van der Waals surface area contributed by atoms with Crippen LogP contribution in [0.5, 0.6) is 17.4 Å². The molecule has 7 nitrogen and oxygen atoms in total. The van der Waals surface area contributed by atoms with Gasteiger partial charge in [-0.2, -0.15) is 0 Å². The molecule has 1 heterocycles. The second-order valence-electron chi connectivity index (χ2n) is 7.45. The van der Waals surface area contributed by atoms with Crippen LogP contribution in [0.4, 0.5) is 5.69 Å². The second kappa shape index (κ2) is 10.3. The van der Waals surface area contributed by atoms with Crippen LogP contribution >= 0.6 is 0 Å². The summed E-state index contributed by atoms with van der Waals surface area (Å²) in [7, 11) is 0. The van der Waals surface area contributed by atoms with Crippen molar-refractivity contribution in [1.82, 2.24) is 4.98 Å². The van der Waals surface area contributed by atoms with Crippen LogP contribution in [-0.2, 0) is 11.2 Å². The van der Waals surface area contributed by atoms with Crippen LogP contribution in [0.1, 0.15) is 15.9 Å². The molecule has 0 atom stereocenters. The molecular formula is C27H22N2O5. The van der Waals surface area contributed by atoms with E-state index >= 15 is 0 Å². The Labute approximate surface area is 196 Å². The highest BCUT2D eigenvalue weighted by atomic mass is 16.5. The third-order valence-corrected chi connectivity index (χ3v) is 4.97. The van der Waals surface area contributed by atoms with Crippen LogP contribution in [-0.4, -0.2) is 28.6 Å². The van der Waals surface area contributed by atoms with E-state index in [2.05, 4.69) is 16.9 Å². The summed E-state index contributed by atoms with van der Waals surface area (Å²) in [4.78, 5) is 27.9. The monoisotopic (exact) mass is 454 g/mol.